The molecule has 35 heavy (non-hydrogen) atoms. The van der Waals surface area contributed by atoms with E-state index in [0.29, 0.717) is 11.7 Å². The van der Waals surface area contributed by atoms with Gasteiger partial charge in [0.25, 0.3) is 0 Å². The van der Waals surface area contributed by atoms with Crippen molar-refractivity contribution < 1.29 is 23.8 Å². The number of carbonyl (C=O) groups is 2. The van der Waals surface area contributed by atoms with Gasteiger partial charge in [0, 0.05) is 0 Å². The molecule has 5 nitrogen and oxygen atoms in total. The number of ether oxygens (including phenoxy) is 3. The van der Waals surface area contributed by atoms with Gasteiger partial charge in [-0.05, 0) is 66.9 Å². The van der Waals surface area contributed by atoms with Gasteiger partial charge in [0.1, 0.15) is 23.8 Å². The standard InChI is InChI=1S/C28H30BrO5S/c1-20(2)22-9-13-25(14-10-22)35(24-7-5-4-6-8-24)26-15-11-23(12-16-26)34-19-27(30)32-17-18-33-28(31)21(3)29/h4-16,20-21H,17-19H2,1-3H3/q+1. The number of esters is 2. The second-order valence-electron chi connectivity index (χ2n) is 8.11. The van der Waals surface area contributed by atoms with E-state index in [-0.39, 0.29) is 30.7 Å². The minimum absolute atomic E-state index is 0.00909. The fraction of sp³-hybridized carbons (Fsp3) is 0.286. The first-order chi connectivity index (χ1) is 16.8. The molecule has 184 valence electrons. The number of hydrogen-bond acceptors (Lipinski definition) is 5. The third kappa shape index (κ3) is 8.15. The SMILES string of the molecule is CC(Br)C(=O)OCCOC(=O)COc1ccc([S+](c2ccccc2)c2ccc(C(C)C)cc2)cc1. The Hall–Kier alpha value is -2.77. The second kappa shape index (κ2) is 13.4. The largest absolute Gasteiger partial charge is 0.482 e. The molecule has 2 atom stereocenters. The van der Waals surface area contributed by atoms with E-state index >= 15 is 0 Å². The predicted octanol–water partition coefficient (Wildman–Crippen LogP) is 6.15. The van der Waals surface area contributed by atoms with Crippen LogP contribution in [-0.2, 0) is 30.0 Å². The Kier molecular flexibility index (Phi) is 10.2. The molecule has 0 heterocycles. The van der Waals surface area contributed by atoms with Crippen LogP contribution in [0.2, 0.25) is 0 Å². The van der Waals surface area contributed by atoms with Crippen molar-refractivity contribution in [3.63, 3.8) is 0 Å². The summed E-state index contributed by atoms with van der Waals surface area (Å²) in [4.78, 5) is 26.5. The van der Waals surface area contributed by atoms with Crippen LogP contribution in [0, 0.1) is 0 Å². The molecule has 0 aromatic heterocycles. The van der Waals surface area contributed by atoms with Gasteiger partial charge in [0.15, 0.2) is 21.3 Å². The Morgan fingerprint density at radius 3 is 1.89 bits per heavy atom. The van der Waals surface area contributed by atoms with E-state index in [9.17, 15) is 9.59 Å². The van der Waals surface area contributed by atoms with Crippen LogP contribution >= 0.6 is 15.9 Å². The lowest BCUT2D eigenvalue weighted by molar-refractivity contribution is -0.153. The molecule has 3 aromatic rings. The van der Waals surface area contributed by atoms with Gasteiger partial charge in [-0.15, -0.1) is 0 Å². The molecule has 0 aliphatic rings. The van der Waals surface area contributed by atoms with Gasteiger partial charge in [-0.1, -0.05) is 60.1 Å². The highest BCUT2D eigenvalue weighted by Gasteiger charge is 2.28. The number of benzene rings is 3. The molecule has 0 aliphatic heterocycles. The van der Waals surface area contributed by atoms with E-state index in [4.69, 9.17) is 14.2 Å². The van der Waals surface area contributed by atoms with E-state index in [1.807, 2.05) is 30.3 Å². The molecule has 0 fully saturated rings. The molecule has 0 radical (unpaired) electrons. The van der Waals surface area contributed by atoms with Crippen LogP contribution in [0.4, 0.5) is 0 Å². The highest BCUT2D eigenvalue weighted by Crippen LogP contribution is 2.32. The molecule has 7 heteroatoms. The topological polar surface area (TPSA) is 61.8 Å². The molecule has 0 saturated carbocycles. The van der Waals surface area contributed by atoms with Crippen molar-refractivity contribution >= 4 is 38.8 Å². The zero-order chi connectivity index (χ0) is 25.2. The first-order valence-corrected chi connectivity index (χ1v) is 13.6. The van der Waals surface area contributed by atoms with E-state index in [1.165, 1.54) is 15.4 Å². The molecule has 0 amide bonds. The highest BCUT2D eigenvalue weighted by molar-refractivity contribution is 9.10. The van der Waals surface area contributed by atoms with Crippen LogP contribution in [0.25, 0.3) is 0 Å². The van der Waals surface area contributed by atoms with Gasteiger partial charge in [0.2, 0.25) is 0 Å². The normalized spacial score (nSPS) is 12.6. The molecular weight excluding hydrogens is 528 g/mol. The number of alkyl halides is 1. The Balaban J connectivity index is 1.62. The summed E-state index contributed by atoms with van der Waals surface area (Å²) in [7, 11) is -0.262. The van der Waals surface area contributed by atoms with Gasteiger partial charge in [-0.2, -0.15) is 0 Å². The van der Waals surface area contributed by atoms with Crippen molar-refractivity contribution in [2.75, 3.05) is 19.8 Å². The van der Waals surface area contributed by atoms with Crippen LogP contribution in [-0.4, -0.2) is 36.6 Å². The second-order valence-corrected chi connectivity index (χ2v) is 11.5. The van der Waals surface area contributed by atoms with Gasteiger partial charge in [-0.25, -0.2) is 4.79 Å². The van der Waals surface area contributed by atoms with Crippen LogP contribution in [0.5, 0.6) is 5.75 Å². The maximum Gasteiger partial charge on any atom is 0.344 e. The first kappa shape index (κ1) is 26.8. The molecule has 2 unspecified atom stereocenters. The summed E-state index contributed by atoms with van der Waals surface area (Å²) in [6.07, 6.45) is 0. The lowest BCUT2D eigenvalue weighted by Gasteiger charge is -2.11. The summed E-state index contributed by atoms with van der Waals surface area (Å²) < 4.78 is 15.6. The summed E-state index contributed by atoms with van der Waals surface area (Å²) in [5.41, 5.74) is 1.32. The molecule has 0 aliphatic carbocycles. The quantitative estimate of drug-likeness (QED) is 0.122. The van der Waals surface area contributed by atoms with Gasteiger partial charge in [-0.3, -0.25) is 4.79 Å². The molecule has 3 rings (SSSR count). The van der Waals surface area contributed by atoms with E-state index in [2.05, 4.69) is 78.3 Å². The van der Waals surface area contributed by atoms with Crippen LogP contribution < -0.4 is 4.74 Å². The zero-order valence-electron chi connectivity index (χ0n) is 20.1. The highest BCUT2D eigenvalue weighted by atomic mass is 79.9. The van der Waals surface area contributed by atoms with Gasteiger partial charge >= 0.3 is 11.9 Å². The molecule has 0 saturated heterocycles. The third-order valence-corrected chi connectivity index (χ3v) is 7.70. The Bertz CT molecular complexity index is 1080. The number of hydrogen-bond donors (Lipinski definition) is 0. The van der Waals surface area contributed by atoms with E-state index in [0.717, 1.165) is 4.90 Å². The molecule has 0 N–H and O–H groups in total. The summed E-state index contributed by atoms with van der Waals surface area (Å²) in [5.74, 6) is 0.143. The van der Waals surface area contributed by atoms with Gasteiger partial charge in [0.05, 0.1) is 10.9 Å². The molecular formula is C28H30BrO5S+. The maximum absolute atomic E-state index is 11.9. The third-order valence-electron chi connectivity index (χ3n) is 5.09. The van der Waals surface area contributed by atoms with Crippen molar-refractivity contribution in [3.8, 4) is 5.75 Å². The monoisotopic (exact) mass is 557 g/mol. The van der Waals surface area contributed by atoms with Gasteiger partial charge < -0.3 is 14.2 Å². The van der Waals surface area contributed by atoms with Crippen molar-refractivity contribution in [2.45, 2.75) is 46.2 Å². The number of rotatable bonds is 11. The minimum atomic E-state index is -0.522. The fourth-order valence-electron chi connectivity index (χ4n) is 3.22. The maximum atomic E-state index is 11.9. The molecule has 3 aromatic carbocycles. The summed E-state index contributed by atoms with van der Waals surface area (Å²) in [6, 6.07) is 27.1. The summed E-state index contributed by atoms with van der Waals surface area (Å²) in [6.45, 7) is 5.83. The molecule has 0 spiro atoms. The lowest BCUT2D eigenvalue weighted by Crippen LogP contribution is -2.20. The van der Waals surface area contributed by atoms with Crippen molar-refractivity contribution in [3.05, 3.63) is 84.4 Å². The number of halogens is 1. The Labute approximate surface area is 218 Å². The van der Waals surface area contributed by atoms with Crippen molar-refractivity contribution in [2.24, 2.45) is 0 Å². The van der Waals surface area contributed by atoms with Crippen molar-refractivity contribution in [1.29, 1.82) is 0 Å². The average Bonchev–Trinajstić information content (AvgIpc) is 2.87. The van der Waals surface area contributed by atoms with Crippen LogP contribution in [0.3, 0.4) is 0 Å². The lowest BCUT2D eigenvalue weighted by atomic mass is 10.0. The fourth-order valence-corrected chi connectivity index (χ4v) is 5.42. The van der Waals surface area contributed by atoms with Crippen molar-refractivity contribution in [1.82, 2.24) is 0 Å². The Morgan fingerprint density at radius 2 is 1.31 bits per heavy atom. The number of carbonyl (C=O) groups excluding carboxylic acids is 2. The zero-order valence-corrected chi connectivity index (χ0v) is 22.5. The molecule has 0 bridgehead atoms. The van der Waals surface area contributed by atoms with Crippen LogP contribution in [0.15, 0.2) is 93.5 Å². The predicted molar refractivity (Wildman–Crippen MR) is 141 cm³/mol. The average molecular weight is 559 g/mol. The van der Waals surface area contributed by atoms with E-state index in [1.54, 1.807) is 6.92 Å². The minimum Gasteiger partial charge on any atom is -0.482 e. The first-order valence-electron chi connectivity index (χ1n) is 11.4. The Morgan fingerprint density at radius 1 is 0.771 bits per heavy atom. The van der Waals surface area contributed by atoms with Crippen LogP contribution in [0.1, 0.15) is 32.3 Å². The van der Waals surface area contributed by atoms with E-state index < -0.39 is 16.8 Å². The smallest absolute Gasteiger partial charge is 0.344 e. The summed E-state index contributed by atoms with van der Waals surface area (Å²) in [5, 5.41) is 0. The summed E-state index contributed by atoms with van der Waals surface area (Å²) >= 11 is 3.12.